The standard InChI is InChI=1S/C33H33ClN4O5S/c1-23-9-14-29(19-24(23)2)38(44(41,42)31-17-12-28(34)13-18-31)21-32(39)37-35-20-26-10-15-30(16-11-26)43-22-33(40)36-25(3)27-7-5-4-6-8-27/h4-20,25H,21-22H2,1-3H3,(H,36,40)(H,37,39)/b35-20-/t25-/m1/s1. The van der Waals surface area contributed by atoms with Crippen molar-refractivity contribution in [3.05, 3.63) is 124 Å². The second-order valence-corrected chi connectivity index (χ2v) is 12.4. The molecule has 0 saturated carbocycles. The molecule has 228 valence electrons. The second kappa shape index (κ2) is 14.7. The summed E-state index contributed by atoms with van der Waals surface area (Å²) < 4.78 is 33.7. The number of halogens is 1. The van der Waals surface area contributed by atoms with Crippen molar-refractivity contribution in [1.82, 2.24) is 10.7 Å². The van der Waals surface area contributed by atoms with Crippen LogP contribution in [0.15, 0.2) is 107 Å². The van der Waals surface area contributed by atoms with Gasteiger partial charge in [-0.05, 0) is 104 Å². The summed E-state index contributed by atoms with van der Waals surface area (Å²) in [5, 5.41) is 7.27. The maximum atomic E-state index is 13.5. The Bertz CT molecular complexity index is 1730. The molecule has 9 nitrogen and oxygen atoms in total. The minimum atomic E-state index is -4.09. The summed E-state index contributed by atoms with van der Waals surface area (Å²) in [4.78, 5) is 25.1. The van der Waals surface area contributed by atoms with Gasteiger partial charge >= 0.3 is 0 Å². The Balaban J connectivity index is 1.35. The first-order valence-electron chi connectivity index (χ1n) is 13.8. The molecule has 44 heavy (non-hydrogen) atoms. The molecule has 0 aliphatic carbocycles. The van der Waals surface area contributed by atoms with E-state index in [1.165, 1.54) is 30.5 Å². The van der Waals surface area contributed by atoms with Gasteiger partial charge in [0.25, 0.3) is 21.8 Å². The maximum absolute atomic E-state index is 13.5. The van der Waals surface area contributed by atoms with Gasteiger partial charge in [-0.25, -0.2) is 13.8 Å². The third-order valence-corrected chi connectivity index (χ3v) is 8.84. The zero-order chi connectivity index (χ0) is 31.7. The van der Waals surface area contributed by atoms with Crippen molar-refractivity contribution in [2.24, 2.45) is 5.10 Å². The lowest BCUT2D eigenvalue weighted by molar-refractivity contribution is -0.123. The lowest BCUT2D eigenvalue weighted by atomic mass is 10.1. The van der Waals surface area contributed by atoms with Crippen molar-refractivity contribution in [1.29, 1.82) is 0 Å². The largest absolute Gasteiger partial charge is 0.484 e. The molecule has 0 heterocycles. The summed E-state index contributed by atoms with van der Waals surface area (Å²) in [5.74, 6) is -0.388. The Labute approximate surface area is 262 Å². The van der Waals surface area contributed by atoms with E-state index in [4.69, 9.17) is 16.3 Å². The molecule has 11 heteroatoms. The fraction of sp³-hybridized carbons (Fsp3) is 0.182. The Morgan fingerprint density at radius 3 is 2.25 bits per heavy atom. The van der Waals surface area contributed by atoms with E-state index in [0.717, 1.165) is 21.0 Å². The highest BCUT2D eigenvalue weighted by Crippen LogP contribution is 2.26. The van der Waals surface area contributed by atoms with Crippen LogP contribution < -0.4 is 19.8 Å². The summed E-state index contributed by atoms with van der Waals surface area (Å²) in [6.45, 7) is 5.05. The Morgan fingerprint density at radius 1 is 0.909 bits per heavy atom. The molecule has 4 aromatic rings. The van der Waals surface area contributed by atoms with Gasteiger partial charge in [-0.2, -0.15) is 5.10 Å². The van der Waals surface area contributed by atoms with E-state index in [1.807, 2.05) is 51.1 Å². The van der Waals surface area contributed by atoms with Crippen LogP contribution in [-0.2, 0) is 19.6 Å². The minimum absolute atomic E-state index is 0.00178. The van der Waals surface area contributed by atoms with E-state index in [1.54, 1.807) is 42.5 Å². The molecule has 0 saturated heterocycles. The number of hydrogen-bond acceptors (Lipinski definition) is 6. The quantitative estimate of drug-likeness (QED) is 0.157. The van der Waals surface area contributed by atoms with E-state index in [0.29, 0.717) is 22.0 Å². The van der Waals surface area contributed by atoms with Crippen LogP contribution in [0.1, 0.15) is 35.2 Å². The summed E-state index contributed by atoms with van der Waals surface area (Å²) in [6, 6.07) is 27.2. The number of aryl methyl sites for hydroxylation is 2. The van der Waals surface area contributed by atoms with Crippen molar-refractivity contribution in [3.63, 3.8) is 0 Å². The van der Waals surface area contributed by atoms with Gasteiger partial charge in [0.05, 0.1) is 22.8 Å². The number of hydrogen-bond donors (Lipinski definition) is 2. The van der Waals surface area contributed by atoms with Crippen LogP contribution in [-0.4, -0.2) is 39.6 Å². The number of carbonyl (C=O) groups excluding carboxylic acids is 2. The number of rotatable bonds is 12. The number of hydrazone groups is 1. The molecule has 0 aliphatic heterocycles. The first-order valence-corrected chi connectivity index (χ1v) is 15.6. The van der Waals surface area contributed by atoms with Crippen LogP contribution in [0, 0.1) is 13.8 Å². The molecule has 0 radical (unpaired) electrons. The minimum Gasteiger partial charge on any atom is -0.484 e. The lowest BCUT2D eigenvalue weighted by Crippen LogP contribution is -2.39. The number of anilines is 1. The average Bonchev–Trinajstić information content (AvgIpc) is 3.01. The van der Waals surface area contributed by atoms with Crippen LogP contribution in [0.4, 0.5) is 5.69 Å². The van der Waals surface area contributed by atoms with Crippen molar-refractivity contribution < 1.29 is 22.7 Å². The molecule has 0 fully saturated rings. The highest BCUT2D eigenvalue weighted by atomic mass is 35.5. The Hall–Kier alpha value is -4.67. The molecular formula is C33H33ClN4O5S. The van der Waals surface area contributed by atoms with Crippen LogP contribution >= 0.6 is 11.6 Å². The molecule has 4 rings (SSSR count). The van der Waals surface area contributed by atoms with E-state index in [2.05, 4.69) is 15.8 Å². The predicted molar refractivity (Wildman–Crippen MR) is 173 cm³/mol. The zero-order valence-corrected chi connectivity index (χ0v) is 26.1. The third kappa shape index (κ3) is 8.68. The van der Waals surface area contributed by atoms with Crippen molar-refractivity contribution >= 4 is 45.3 Å². The average molecular weight is 633 g/mol. The first-order chi connectivity index (χ1) is 21.0. The van der Waals surface area contributed by atoms with Gasteiger partial charge in [-0.1, -0.05) is 48.0 Å². The number of carbonyl (C=O) groups is 2. The SMILES string of the molecule is Cc1ccc(N(CC(=O)N/N=C\c2ccc(OCC(=O)N[C@H](C)c3ccccc3)cc2)S(=O)(=O)c2ccc(Cl)cc2)cc1C. The monoisotopic (exact) mass is 632 g/mol. The predicted octanol–water partition coefficient (Wildman–Crippen LogP) is 5.56. The zero-order valence-electron chi connectivity index (χ0n) is 24.5. The smallest absolute Gasteiger partial charge is 0.264 e. The summed E-state index contributed by atoms with van der Waals surface area (Å²) in [6.07, 6.45) is 1.42. The van der Waals surface area contributed by atoms with Crippen molar-refractivity contribution in [3.8, 4) is 5.75 Å². The maximum Gasteiger partial charge on any atom is 0.264 e. The number of benzene rings is 4. The van der Waals surface area contributed by atoms with Gasteiger partial charge in [-0.3, -0.25) is 13.9 Å². The van der Waals surface area contributed by atoms with E-state index in [9.17, 15) is 18.0 Å². The molecular weight excluding hydrogens is 600 g/mol. The Morgan fingerprint density at radius 2 is 1.59 bits per heavy atom. The van der Waals surface area contributed by atoms with Crippen LogP contribution in [0.5, 0.6) is 5.75 Å². The lowest BCUT2D eigenvalue weighted by Gasteiger charge is -2.24. The van der Waals surface area contributed by atoms with E-state index >= 15 is 0 Å². The van der Waals surface area contributed by atoms with Gasteiger partial charge in [-0.15, -0.1) is 0 Å². The molecule has 0 unspecified atom stereocenters. The second-order valence-electron chi connectivity index (χ2n) is 10.1. The summed E-state index contributed by atoms with van der Waals surface area (Å²) in [7, 11) is -4.09. The highest BCUT2D eigenvalue weighted by molar-refractivity contribution is 7.92. The summed E-state index contributed by atoms with van der Waals surface area (Å²) in [5.41, 5.74) is 6.27. The normalized spacial score (nSPS) is 12.0. The first kappa shape index (κ1) is 32.2. The number of sulfonamides is 1. The van der Waals surface area contributed by atoms with Gasteiger partial charge in [0.15, 0.2) is 6.61 Å². The van der Waals surface area contributed by atoms with Gasteiger partial charge in [0.2, 0.25) is 0 Å². The van der Waals surface area contributed by atoms with Crippen LogP contribution in [0.2, 0.25) is 5.02 Å². The molecule has 1 atom stereocenters. The molecule has 0 bridgehead atoms. The topological polar surface area (TPSA) is 117 Å². The van der Waals surface area contributed by atoms with Crippen molar-refractivity contribution in [2.45, 2.75) is 31.7 Å². The Kier molecular flexibility index (Phi) is 10.8. The molecule has 0 aromatic heterocycles. The number of amides is 2. The van der Waals surface area contributed by atoms with Gasteiger partial charge in [0.1, 0.15) is 12.3 Å². The van der Waals surface area contributed by atoms with Gasteiger partial charge < -0.3 is 10.1 Å². The van der Waals surface area contributed by atoms with Crippen LogP contribution in [0.25, 0.3) is 0 Å². The highest BCUT2D eigenvalue weighted by Gasteiger charge is 2.27. The van der Waals surface area contributed by atoms with Gasteiger partial charge in [0, 0.05) is 5.02 Å². The fourth-order valence-electron chi connectivity index (χ4n) is 4.18. The molecule has 0 aliphatic rings. The van der Waals surface area contributed by atoms with E-state index in [-0.39, 0.29) is 23.5 Å². The molecule has 4 aromatic carbocycles. The number of nitrogens with zero attached hydrogens (tertiary/aromatic N) is 2. The van der Waals surface area contributed by atoms with E-state index < -0.39 is 22.5 Å². The van der Waals surface area contributed by atoms with Crippen molar-refractivity contribution in [2.75, 3.05) is 17.5 Å². The number of ether oxygens (including phenoxy) is 1. The summed E-state index contributed by atoms with van der Waals surface area (Å²) >= 11 is 5.95. The molecule has 2 amide bonds. The number of nitrogens with one attached hydrogen (secondary N) is 2. The molecule has 0 spiro atoms. The third-order valence-electron chi connectivity index (χ3n) is 6.80. The molecule has 2 N–H and O–H groups in total. The fourth-order valence-corrected chi connectivity index (χ4v) is 5.72. The van der Waals surface area contributed by atoms with Crippen LogP contribution in [0.3, 0.4) is 0 Å².